The Morgan fingerprint density at radius 3 is 2.57 bits per heavy atom. The number of halogens is 2. The van der Waals surface area contributed by atoms with Gasteiger partial charge in [-0.25, -0.2) is 14.4 Å². The zero-order valence-electron chi connectivity index (χ0n) is 11.9. The van der Waals surface area contributed by atoms with Crippen LogP contribution in [-0.4, -0.2) is 9.97 Å². The van der Waals surface area contributed by atoms with E-state index < -0.39 is 0 Å². The molecule has 3 rings (SSSR count). The van der Waals surface area contributed by atoms with Crippen molar-refractivity contribution < 1.29 is 4.39 Å². The van der Waals surface area contributed by atoms with E-state index in [2.05, 4.69) is 25.9 Å². The monoisotopic (exact) mass is 349 g/mol. The van der Waals surface area contributed by atoms with E-state index in [0.717, 1.165) is 28.6 Å². The molecule has 3 nitrogen and oxygen atoms in total. The molecule has 2 N–H and O–H groups in total. The number of nitrogen functional groups attached to an aromatic ring is 1. The number of hydrogen-bond acceptors (Lipinski definition) is 3. The Bertz CT molecular complexity index is 661. The second kappa shape index (κ2) is 5.72. The summed E-state index contributed by atoms with van der Waals surface area (Å²) in [6.45, 7) is 1.85. The van der Waals surface area contributed by atoms with Crippen molar-refractivity contribution in [3.05, 3.63) is 39.7 Å². The largest absolute Gasteiger partial charge is 0.383 e. The van der Waals surface area contributed by atoms with Crippen molar-refractivity contribution >= 4 is 21.7 Å². The van der Waals surface area contributed by atoms with Crippen molar-refractivity contribution in [1.29, 1.82) is 0 Å². The van der Waals surface area contributed by atoms with Crippen LogP contribution in [-0.2, 0) is 0 Å². The van der Waals surface area contributed by atoms with E-state index in [1.165, 1.54) is 25.0 Å². The van der Waals surface area contributed by atoms with Gasteiger partial charge in [-0.1, -0.05) is 12.8 Å². The molecule has 0 saturated heterocycles. The van der Waals surface area contributed by atoms with E-state index in [9.17, 15) is 4.39 Å². The van der Waals surface area contributed by atoms with Crippen LogP contribution < -0.4 is 5.73 Å². The predicted molar refractivity (Wildman–Crippen MR) is 85.5 cm³/mol. The lowest BCUT2D eigenvalue weighted by Crippen LogP contribution is -2.06. The third kappa shape index (κ3) is 2.93. The maximum absolute atomic E-state index is 13.6. The smallest absolute Gasteiger partial charge is 0.161 e. The van der Waals surface area contributed by atoms with E-state index in [1.807, 2.05) is 13.0 Å². The molecule has 2 aromatic rings. The molecule has 1 aliphatic rings. The predicted octanol–water partition coefficient (Wildman–Crippen LogP) is 4.59. The van der Waals surface area contributed by atoms with Crippen molar-refractivity contribution in [2.24, 2.45) is 0 Å². The molecule has 0 bridgehead atoms. The summed E-state index contributed by atoms with van der Waals surface area (Å²) in [5, 5.41) is 0. The fourth-order valence-electron chi connectivity index (χ4n) is 2.95. The topological polar surface area (TPSA) is 51.8 Å². The SMILES string of the molecule is Cc1cc(F)cc(-c2nc(N)c(Br)c(C3CCCC3)n2)c1. The van der Waals surface area contributed by atoms with Crippen LogP contribution in [0.15, 0.2) is 22.7 Å². The number of rotatable bonds is 2. The summed E-state index contributed by atoms with van der Waals surface area (Å²) >= 11 is 3.50. The highest BCUT2D eigenvalue weighted by atomic mass is 79.9. The highest BCUT2D eigenvalue weighted by molar-refractivity contribution is 9.10. The van der Waals surface area contributed by atoms with Gasteiger partial charge in [0.05, 0.1) is 10.2 Å². The lowest BCUT2D eigenvalue weighted by molar-refractivity contribution is 0.627. The fraction of sp³-hybridized carbons (Fsp3) is 0.375. The number of aromatic nitrogens is 2. The number of anilines is 1. The molecule has 0 atom stereocenters. The van der Waals surface area contributed by atoms with Crippen LogP contribution in [0.2, 0.25) is 0 Å². The standard InChI is InChI=1S/C16H17BrFN3/c1-9-6-11(8-12(18)7-9)16-20-14(10-4-2-3-5-10)13(17)15(19)21-16/h6-8,10H,2-5H2,1H3,(H2,19,20,21). The van der Waals surface area contributed by atoms with Crippen LogP contribution >= 0.6 is 15.9 Å². The summed E-state index contributed by atoms with van der Waals surface area (Å²) in [5.74, 6) is 1.06. The second-order valence-corrected chi connectivity index (χ2v) is 6.42. The quantitative estimate of drug-likeness (QED) is 0.862. The molecular formula is C16H17BrFN3. The summed E-state index contributed by atoms with van der Waals surface area (Å²) in [7, 11) is 0. The molecule has 0 radical (unpaired) electrons. The molecule has 0 spiro atoms. The van der Waals surface area contributed by atoms with Gasteiger partial charge in [-0.05, 0) is 59.5 Å². The molecule has 1 heterocycles. The van der Waals surface area contributed by atoms with Gasteiger partial charge in [0.2, 0.25) is 0 Å². The van der Waals surface area contributed by atoms with Crippen molar-refractivity contribution in [2.45, 2.75) is 38.5 Å². The van der Waals surface area contributed by atoms with E-state index in [0.29, 0.717) is 23.1 Å². The normalized spacial score (nSPS) is 15.6. The van der Waals surface area contributed by atoms with E-state index in [1.54, 1.807) is 0 Å². The van der Waals surface area contributed by atoms with Crippen molar-refractivity contribution in [3.63, 3.8) is 0 Å². The number of aryl methyl sites for hydroxylation is 1. The van der Waals surface area contributed by atoms with Gasteiger partial charge < -0.3 is 5.73 Å². The minimum absolute atomic E-state index is 0.280. The van der Waals surface area contributed by atoms with Gasteiger partial charge in [-0.2, -0.15) is 0 Å². The molecule has 1 aromatic heterocycles. The number of nitrogens with two attached hydrogens (primary N) is 1. The molecule has 1 aliphatic carbocycles. The average Bonchev–Trinajstić information content (AvgIpc) is 2.94. The maximum Gasteiger partial charge on any atom is 0.161 e. The van der Waals surface area contributed by atoms with Crippen molar-refractivity contribution in [2.75, 3.05) is 5.73 Å². The van der Waals surface area contributed by atoms with Crippen molar-refractivity contribution in [3.8, 4) is 11.4 Å². The van der Waals surface area contributed by atoms with Crippen LogP contribution in [0.3, 0.4) is 0 Å². The van der Waals surface area contributed by atoms with Crippen molar-refractivity contribution in [1.82, 2.24) is 9.97 Å². The highest BCUT2D eigenvalue weighted by Gasteiger charge is 2.23. The molecule has 0 amide bonds. The molecule has 1 aromatic carbocycles. The number of hydrogen-bond donors (Lipinski definition) is 1. The lowest BCUT2D eigenvalue weighted by atomic mass is 10.0. The Morgan fingerprint density at radius 1 is 1.19 bits per heavy atom. The fourth-order valence-corrected chi connectivity index (χ4v) is 3.45. The summed E-state index contributed by atoms with van der Waals surface area (Å²) in [4.78, 5) is 8.97. The van der Waals surface area contributed by atoms with Gasteiger partial charge in [0.15, 0.2) is 5.82 Å². The highest BCUT2D eigenvalue weighted by Crippen LogP contribution is 2.39. The summed E-state index contributed by atoms with van der Waals surface area (Å²) in [6.07, 6.45) is 4.68. The van der Waals surface area contributed by atoms with Gasteiger partial charge >= 0.3 is 0 Å². The van der Waals surface area contributed by atoms with Gasteiger partial charge in [0.25, 0.3) is 0 Å². The molecule has 21 heavy (non-hydrogen) atoms. The maximum atomic E-state index is 13.6. The molecular weight excluding hydrogens is 333 g/mol. The zero-order chi connectivity index (χ0) is 15.0. The Hall–Kier alpha value is -1.49. The Kier molecular flexibility index (Phi) is 3.93. The minimum atomic E-state index is -0.280. The molecule has 0 aliphatic heterocycles. The van der Waals surface area contributed by atoms with Crippen LogP contribution in [0.4, 0.5) is 10.2 Å². The summed E-state index contributed by atoms with van der Waals surface area (Å²) < 4.78 is 14.4. The average molecular weight is 350 g/mol. The zero-order valence-corrected chi connectivity index (χ0v) is 13.5. The van der Waals surface area contributed by atoms with Gasteiger partial charge in [-0.3, -0.25) is 0 Å². The molecule has 5 heteroatoms. The Morgan fingerprint density at radius 2 is 1.90 bits per heavy atom. The first-order chi connectivity index (χ1) is 10.0. The first-order valence-corrected chi connectivity index (χ1v) is 7.94. The molecule has 1 saturated carbocycles. The lowest BCUT2D eigenvalue weighted by Gasteiger charge is -2.14. The van der Waals surface area contributed by atoms with Crippen LogP contribution in [0.5, 0.6) is 0 Å². The van der Waals surface area contributed by atoms with Gasteiger partial charge in [-0.15, -0.1) is 0 Å². The van der Waals surface area contributed by atoms with Crippen LogP contribution in [0.1, 0.15) is 42.9 Å². The van der Waals surface area contributed by atoms with Gasteiger partial charge in [0, 0.05) is 11.5 Å². The van der Waals surface area contributed by atoms with Crippen LogP contribution in [0.25, 0.3) is 11.4 Å². The van der Waals surface area contributed by atoms with Crippen LogP contribution in [0, 0.1) is 12.7 Å². The first-order valence-electron chi connectivity index (χ1n) is 7.15. The second-order valence-electron chi connectivity index (χ2n) is 5.63. The molecule has 0 unspecified atom stereocenters. The van der Waals surface area contributed by atoms with E-state index >= 15 is 0 Å². The third-order valence-electron chi connectivity index (χ3n) is 3.94. The van der Waals surface area contributed by atoms with E-state index in [4.69, 9.17) is 5.73 Å². The number of benzene rings is 1. The molecule has 110 valence electrons. The first kappa shape index (κ1) is 14.4. The Labute approximate surface area is 131 Å². The number of nitrogens with zero attached hydrogens (tertiary/aromatic N) is 2. The van der Waals surface area contributed by atoms with Gasteiger partial charge in [0.1, 0.15) is 11.6 Å². The minimum Gasteiger partial charge on any atom is -0.383 e. The Balaban J connectivity index is 2.10. The van der Waals surface area contributed by atoms with E-state index in [-0.39, 0.29) is 5.82 Å². The molecule has 1 fully saturated rings. The summed E-state index contributed by atoms with van der Waals surface area (Å²) in [5.41, 5.74) is 8.48. The summed E-state index contributed by atoms with van der Waals surface area (Å²) in [6, 6.07) is 4.82. The third-order valence-corrected chi connectivity index (χ3v) is 4.76.